The van der Waals surface area contributed by atoms with Crippen LogP contribution in [0.5, 0.6) is 5.75 Å². The maximum Gasteiger partial charge on any atom is 0.147 e. The topological polar surface area (TPSA) is 21.3 Å². The lowest BCUT2D eigenvalue weighted by atomic mass is 10.3. The highest BCUT2D eigenvalue weighted by atomic mass is 79.9. The Bertz CT molecular complexity index is 563. The van der Waals surface area contributed by atoms with E-state index in [4.69, 9.17) is 4.74 Å². The van der Waals surface area contributed by atoms with Crippen molar-refractivity contribution >= 4 is 69.4 Å². The SMILES string of the molecule is Brc1ccc(NCCOc2c(Br)cc(Br)cc2Br)cc1. The van der Waals surface area contributed by atoms with Crippen LogP contribution in [0.4, 0.5) is 5.69 Å². The number of hydrogen-bond donors (Lipinski definition) is 1. The number of anilines is 1. The van der Waals surface area contributed by atoms with Crippen LogP contribution in [0.15, 0.2) is 54.3 Å². The highest BCUT2D eigenvalue weighted by molar-refractivity contribution is 9.11. The van der Waals surface area contributed by atoms with E-state index in [9.17, 15) is 0 Å². The molecule has 2 nitrogen and oxygen atoms in total. The third-order valence-electron chi connectivity index (χ3n) is 2.48. The molecular weight excluding hydrogens is 518 g/mol. The fourth-order valence-electron chi connectivity index (χ4n) is 1.58. The van der Waals surface area contributed by atoms with Crippen molar-refractivity contribution in [3.63, 3.8) is 0 Å². The summed E-state index contributed by atoms with van der Waals surface area (Å²) in [7, 11) is 0. The summed E-state index contributed by atoms with van der Waals surface area (Å²) in [6, 6.07) is 12.0. The van der Waals surface area contributed by atoms with Crippen LogP contribution < -0.4 is 10.1 Å². The van der Waals surface area contributed by atoms with E-state index in [1.807, 2.05) is 36.4 Å². The van der Waals surface area contributed by atoms with Gasteiger partial charge in [-0.25, -0.2) is 0 Å². The molecule has 106 valence electrons. The molecule has 0 radical (unpaired) electrons. The van der Waals surface area contributed by atoms with Gasteiger partial charge in [-0.1, -0.05) is 31.9 Å². The second-order valence-electron chi connectivity index (χ2n) is 3.98. The fourth-order valence-corrected chi connectivity index (χ4v) is 4.33. The van der Waals surface area contributed by atoms with Gasteiger partial charge in [-0.05, 0) is 68.3 Å². The van der Waals surface area contributed by atoms with Crippen molar-refractivity contribution in [2.24, 2.45) is 0 Å². The van der Waals surface area contributed by atoms with Gasteiger partial charge < -0.3 is 10.1 Å². The van der Waals surface area contributed by atoms with Crippen molar-refractivity contribution < 1.29 is 4.74 Å². The van der Waals surface area contributed by atoms with E-state index in [0.29, 0.717) is 6.61 Å². The lowest BCUT2D eigenvalue weighted by molar-refractivity contribution is 0.328. The average Bonchev–Trinajstić information content (AvgIpc) is 2.39. The zero-order valence-corrected chi connectivity index (χ0v) is 16.6. The first-order valence-corrected chi connectivity index (χ1v) is 9.00. The van der Waals surface area contributed by atoms with Crippen LogP contribution >= 0.6 is 63.7 Å². The molecule has 0 spiro atoms. The summed E-state index contributed by atoms with van der Waals surface area (Å²) in [4.78, 5) is 0. The Kier molecular flexibility index (Phi) is 6.39. The summed E-state index contributed by atoms with van der Waals surface area (Å²) in [5.41, 5.74) is 1.07. The molecule has 2 aromatic carbocycles. The first-order chi connectivity index (χ1) is 9.56. The van der Waals surface area contributed by atoms with Gasteiger partial charge >= 0.3 is 0 Å². The lowest BCUT2D eigenvalue weighted by Crippen LogP contribution is -2.11. The van der Waals surface area contributed by atoms with Gasteiger partial charge in [-0.2, -0.15) is 0 Å². The Hall–Kier alpha value is -0.0400. The van der Waals surface area contributed by atoms with Crippen LogP contribution in [-0.2, 0) is 0 Å². The Balaban J connectivity index is 1.86. The molecule has 2 rings (SSSR count). The Morgan fingerprint density at radius 1 is 0.850 bits per heavy atom. The van der Waals surface area contributed by atoms with Gasteiger partial charge in [0.25, 0.3) is 0 Å². The molecule has 0 aromatic heterocycles. The molecular formula is C14H11Br4NO. The number of rotatable bonds is 5. The van der Waals surface area contributed by atoms with Gasteiger partial charge in [0.2, 0.25) is 0 Å². The van der Waals surface area contributed by atoms with E-state index < -0.39 is 0 Å². The van der Waals surface area contributed by atoms with Crippen LogP contribution in [0, 0.1) is 0 Å². The molecule has 0 fully saturated rings. The van der Waals surface area contributed by atoms with Crippen molar-refractivity contribution in [2.75, 3.05) is 18.5 Å². The van der Waals surface area contributed by atoms with E-state index in [0.717, 1.165) is 35.9 Å². The van der Waals surface area contributed by atoms with Crippen LogP contribution in [0.25, 0.3) is 0 Å². The maximum atomic E-state index is 5.78. The zero-order valence-electron chi connectivity index (χ0n) is 10.3. The van der Waals surface area contributed by atoms with Crippen LogP contribution in [0.1, 0.15) is 0 Å². The number of hydrogen-bond acceptors (Lipinski definition) is 2. The van der Waals surface area contributed by atoms with Crippen LogP contribution in [0.3, 0.4) is 0 Å². The summed E-state index contributed by atoms with van der Waals surface area (Å²) in [6.45, 7) is 1.31. The van der Waals surface area contributed by atoms with Gasteiger partial charge in [0, 0.05) is 21.2 Å². The van der Waals surface area contributed by atoms with E-state index >= 15 is 0 Å². The molecule has 0 bridgehead atoms. The number of nitrogens with one attached hydrogen (secondary N) is 1. The fraction of sp³-hybridized carbons (Fsp3) is 0.143. The first-order valence-electron chi connectivity index (χ1n) is 5.83. The number of benzene rings is 2. The summed E-state index contributed by atoms with van der Waals surface area (Å²) < 4.78 is 9.69. The molecule has 0 unspecified atom stereocenters. The molecule has 1 N–H and O–H groups in total. The largest absolute Gasteiger partial charge is 0.489 e. The van der Waals surface area contributed by atoms with Crippen molar-refractivity contribution in [3.05, 3.63) is 54.3 Å². The van der Waals surface area contributed by atoms with Crippen molar-refractivity contribution in [1.29, 1.82) is 0 Å². The Labute approximate surface area is 151 Å². The third-order valence-corrected chi connectivity index (χ3v) is 4.65. The van der Waals surface area contributed by atoms with Crippen molar-refractivity contribution in [1.82, 2.24) is 0 Å². The molecule has 0 amide bonds. The normalized spacial score (nSPS) is 10.4. The molecule has 0 aliphatic carbocycles. The summed E-state index contributed by atoms with van der Waals surface area (Å²) in [5.74, 6) is 0.811. The Morgan fingerprint density at radius 2 is 1.45 bits per heavy atom. The van der Waals surface area contributed by atoms with E-state index in [-0.39, 0.29) is 0 Å². The quantitative estimate of drug-likeness (QED) is 0.465. The predicted molar refractivity (Wildman–Crippen MR) is 97.7 cm³/mol. The minimum atomic E-state index is 0.578. The minimum absolute atomic E-state index is 0.578. The van der Waals surface area contributed by atoms with E-state index in [1.165, 1.54) is 0 Å². The van der Waals surface area contributed by atoms with Gasteiger partial charge in [0.15, 0.2) is 0 Å². The molecule has 2 aromatic rings. The van der Waals surface area contributed by atoms with Crippen molar-refractivity contribution in [3.8, 4) is 5.75 Å². The molecule has 0 saturated heterocycles. The van der Waals surface area contributed by atoms with Crippen LogP contribution in [0.2, 0.25) is 0 Å². The molecule has 0 atom stereocenters. The molecule has 0 heterocycles. The van der Waals surface area contributed by atoms with Crippen molar-refractivity contribution in [2.45, 2.75) is 0 Å². The highest BCUT2D eigenvalue weighted by Gasteiger charge is 2.07. The Morgan fingerprint density at radius 3 is 2.05 bits per heavy atom. The summed E-state index contributed by atoms with van der Waals surface area (Å²) >= 11 is 13.8. The number of halogens is 4. The summed E-state index contributed by atoms with van der Waals surface area (Å²) in [6.07, 6.45) is 0. The lowest BCUT2D eigenvalue weighted by Gasteiger charge is -2.12. The molecule has 6 heteroatoms. The van der Waals surface area contributed by atoms with Gasteiger partial charge in [0.05, 0.1) is 8.95 Å². The second-order valence-corrected chi connectivity index (χ2v) is 7.52. The van der Waals surface area contributed by atoms with Gasteiger partial charge in [-0.15, -0.1) is 0 Å². The number of ether oxygens (including phenoxy) is 1. The van der Waals surface area contributed by atoms with Gasteiger partial charge in [0.1, 0.15) is 12.4 Å². The smallest absolute Gasteiger partial charge is 0.147 e. The predicted octanol–water partition coefficient (Wildman–Crippen LogP) is 6.23. The zero-order chi connectivity index (χ0) is 14.5. The molecule has 0 aliphatic heterocycles. The summed E-state index contributed by atoms with van der Waals surface area (Å²) in [5, 5.41) is 3.31. The second kappa shape index (κ2) is 7.82. The van der Waals surface area contributed by atoms with E-state index in [1.54, 1.807) is 0 Å². The monoisotopic (exact) mass is 525 g/mol. The molecule has 0 saturated carbocycles. The average molecular weight is 529 g/mol. The standard InChI is InChI=1S/C14H11Br4NO/c15-9-1-3-11(4-2-9)19-5-6-20-14-12(17)7-10(16)8-13(14)18/h1-4,7-8,19H,5-6H2. The highest BCUT2D eigenvalue weighted by Crippen LogP contribution is 2.36. The molecule has 0 aliphatic rings. The third kappa shape index (κ3) is 4.76. The maximum absolute atomic E-state index is 5.78. The van der Waals surface area contributed by atoms with Crippen LogP contribution in [-0.4, -0.2) is 13.2 Å². The first kappa shape index (κ1) is 16.3. The minimum Gasteiger partial charge on any atom is -0.489 e. The van der Waals surface area contributed by atoms with E-state index in [2.05, 4.69) is 69.0 Å². The van der Waals surface area contributed by atoms with Gasteiger partial charge in [-0.3, -0.25) is 0 Å². The molecule has 20 heavy (non-hydrogen) atoms.